The van der Waals surface area contributed by atoms with Gasteiger partial charge >= 0.3 is 0 Å². The number of aromatic nitrogens is 2. The lowest BCUT2D eigenvalue weighted by Gasteiger charge is -2.05. The summed E-state index contributed by atoms with van der Waals surface area (Å²) < 4.78 is 5.19. The van der Waals surface area contributed by atoms with E-state index in [1.165, 1.54) is 0 Å². The molecule has 0 amide bonds. The average Bonchev–Trinajstić information content (AvgIpc) is 2.83. The van der Waals surface area contributed by atoms with Gasteiger partial charge in [-0.1, -0.05) is 5.16 Å². The van der Waals surface area contributed by atoms with E-state index in [0.29, 0.717) is 5.92 Å². The minimum atomic E-state index is 0.460. The molecule has 1 N–H and O–H groups in total. The third-order valence-corrected chi connectivity index (χ3v) is 2.83. The maximum atomic E-state index is 5.19. The molecule has 15 heavy (non-hydrogen) atoms. The van der Waals surface area contributed by atoms with Crippen LogP contribution in [0.3, 0.4) is 0 Å². The van der Waals surface area contributed by atoms with Crippen LogP contribution >= 0.6 is 0 Å². The molecule has 2 heterocycles. The minimum absolute atomic E-state index is 0.460. The normalized spacial score (nSPS) is 22.4. The Morgan fingerprint density at radius 2 is 2.47 bits per heavy atom. The molecule has 1 aliphatic heterocycles. The summed E-state index contributed by atoms with van der Waals surface area (Å²) in [5.41, 5.74) is 0. The van der Waals surface area contributed by atoms with Crippen LogP contribution in [-0.2, 0) is 6.42 Å². The van der Waals surface area contributed by atoms with Gasteiger partial charge in [-0.25, -0.2) is 0 Å². The van der Waals surface area contributed by atoms with E-state index in [2.05, 4.69) is 27.4 Å². The molecule has 0 saturated carbocycles. The van der Waals surface area contributed by atoms with Crippen LogP contribution in [0.1, 0.15) is 24.1 Å². The largest absolute Gasteiger partial charge is 0.339 e. The number of hydrogen-bond acceptors (Lipinski definition) is 5. The van der Waals surface area contributed by atoms with Crippen LogP contribution in [0.2, 0.25) is 0 Å². The van der Waals surface area contributed by atoms with Crippen LogP contribution in [0, 0.1) is 0 Å². The number of hydrogen-bond donors (Lipinski definition) is 1. The first-order chi connectivity index (χ1) is 7.29. The second kappa shape index (κ2) is 4.72. The summed E-state index contributed by atoms with van der Waals surface area (Å²) in [5.74, 6) is 2.08. The lowest BCUT2D eigenvalue weighted by molar-refractivity contribution is 0.366. The number of likely N-dealkylation sites (tertiary alicyclic amines) is 1. The lowest BCUT2D eigenvalue weighted by Crippen LogP contribution is -2.14. The zero-order chi connectivity index (χ0) is 10.7. The predicted molar refractivity (Wildman–Crippen MR) is 56.8 cm³/mol. The first-order valence-corrected chi connectivity index (χ1v) is 5.45. The smallest absolute Gasteiger partial charge is 0.227 e. The maximum absolute atomic E-state index is 5.19. The van der Waals surface area contributed by atoms with Gasteiger partial charge in [0.2, 0.25) is 5.89 Å². The highest BCUT2D eigenvalue weighted by Crippen LogP contribution is 2.23. The standard InChI is InChI=1S/C10H18N4O/c1-11-5-3-9-12-10(13-15-9)8-4-6-14(2)7-8/h8,11H,3-7H2,1-2H3. The van der Waals surface area contributed by atoms with Gasteiger partial charge in [0.15, 0.2) is 5.82 Å². The fourth-order valence-corrected chi connectivity index (χ4v) is 1.91. The fraction of sp³-hybridized carbons (Fsp3) is 0.800. The molecule has 1 aromatic heterocycles. The Morgan fingerprint density at radius 1 is 1.60 bits per heavy atom. The van der Waals surface area contributed by atoms with Crippen molar-refractivity contribution in [2.45, 2.75) is 18.8 Å². The first kappa shape index (κ1) is 10.6. The van der Waals surface area contributed by atoms with Crippen molar-refractivity contribution in [3.05, 3.63) is 11.7 Å². The van der Waals surface area contributed by atoms with Crippen LogP contribution in [0.5, 0.6) is 0 Å². The average molecular weight is 210 g/mol. The zero-order valence-electron chi connectivity index (χ0n) is 9.36. The first-order valence-electron chi connectivity index (χ1n) is 5.45. The molecule has 2 rings (SSSR count). The third kappa shape index (κ3) is 2.54. The Bertz CT molecular complexity index is 312. The maximum Gasteiger partial charge on any atom is 0.227 e. The van der Waals surface area contributed by atoms with E-state index in [1.54, 1.807) is 0 Å². The van der Waals surface area contributed by atoms with Crippen LogP contribution in [0.15, 0.2) is 4.52 Å². The molecule has 0 bridgehead atoms. The molecule has 1 unspecified atom stereocenters. The Kier molecular flexibility index (Phi) is 3.33. The summed E-state index contributed by atoms with van der Waals surface area (Å²) in [7, 11) is 4.05. The quantitative estimate of drug-likeness (QED) is 0.772. The van der Waals surface area contributed by atoms with E-state index < -0.39 is 0 Å². The van der Waals surface area contributed by atoms with Crippen molar-refractivity contribution in [2.75, 3.05) is 33.7 Å². The molecule has 1 aliphatic rings. The highest BCUT2D eigenvalue weighted by atomic mass is 16.5. The second-order valence-electron chi connectivity index (χ2n) is 4.15. The van der Waals surface area contributed by atoms with Crippen LogP contribution in [0.25, 0.3) is 0 Å². The molecule has 5 heteroatoms. The SMILES string of the molecule is CNCCc1nc(C2CCN(C)C2)no1. The summed E-state index contributed by atoms with van der Waals surface area (Å²) in [5, 5.41) is 7.11. The van der Waals surface area contributed by atoms with Crippen molar-refractivity contribution in [1.82, 2.24) is 20.4 Å². The Morgan fingerprint density at radius 3 is 3.13 bits per heavy atom. The van der Waals surface area contributed by atoms with Gasteiger partial charge < -0.3 is 14.7 Å². The van der Waals surface area contributed by atoms with E-state index in [1.807, 2.05) is 7.05 Å². The van der Waals surface area contributed by atoms with Crippen molar-refractivity contribution >= 4 is 0 Å². The second-order valence-corrected chi connectivity index (χ2v) is 4.15. The minimum Gasteiger partial charge on any atom is -0.339 e. The molecule has 84 valence electrons. The molecule has 0 radical (unpaired) electrons. The van der Waals surface area contributed by atoms with Gasteiger partial charge in [-0.15, -0.1) is 0 Å². The summed E-state index contributed by atoms with van der Waals surface area (Å²) in [4.78, 5) is 6.72. The third-order valence-electron chi connectivity index (χ3n) is 2.83. The van der Waals surface area contributed by atoms with Crippen LogP contribution < -0.4 is 5.32 Å². The van der Waals surface area contributed by atoms with E-state index in [-0.39, 0.29) is 0 Å². The van der Waals surface area contributed by atoms with Gasteiger partial charge in [0.05, 0.1) is 0 Å². The molecule has 1 aromatic rings. The summed E-state index contributed by atoms with van der Waals surface area (Å²) in [6.07, 6.45) is 1.95. The molecule has 0 aromatic carbocycles. The number of rotatable bonds is 4. The molecular weight excluding hydrogens is 192 g/mol. The van der Waals surface area contributed by atoms with E-state index in [9.17, 15) is 0 Å². The lowest BCUT2D eigenvalue weighted by atomic mass is 10.1. The van der Waals surface area contributed by atoms with Crippen molar-refractivity contribution in [3.8, 4) is 0 Å². The number of likely N-dealkylation sites (N-methyl/N-ethyl adjacent to an activating group) is 2. The Hall–Kier alpha value is -0.940. The van der Waals surface area contributed by atoms with Crippen LogP contribution in [-0.4, -0.2) is 48.8 Å². The Labute approximate surface area is 89.8 Å². The van der Waals surface area contributed by atoms with Crippen LogP contribution in [0.4, 0.5) is 0 Å². The van der Waals surface area contributed by atoms with Gasteiger partial charge in [0.25, 0.3) is 0 Å². The van der Waals surface area contributed by atoms with Gasteiger partial charge in [-0.3, -0.25) is 0 Å². The van der Waals surface area contributed by atoms with Crippen molar-refractivity contribution in [2.24, 2.45) is 0 Å². The Balaban J connectivity index is 1.94. The van der Waals surface area contributed by atoms with Crippen molar-refractivity contribution in [1.29, 1.82) is 0 Å². The summed E-state index contributed by atoms with van der Waals surface area (Å²) in [6, 6.07) is 0. The molecule has 1 saturated heterocycles. The van der Waals surface area contributed by atoms with Gasteiger partial charge in [-0.05, 0) is 27.1 Å². The highest BCUT2D eigenvalue weighted by molar-refractivity contribution is 5.00. The molecule has 5 nitrogen and oxygen atoms in total. The molecule has 1 atom stereocenters. The highest BCUT2D eigenvalue weighted by Gasteiger charge is 2.25. The molecule has 0 spiro atoms. The molecule has 1 fully saturated rings. The summed E-state index contributed by atoms with van der Waals surface area (Å²) in [6.45, 7) is 3.06. The molecular formula is C10H18N4O. The summed E-state index contributed by atoms with van der Waals surface area (Å²) >= 11 is 0. The van der Waals surface area contributed by atoms with E-state index in [0.717, 1.165) is 44.2 Å². The number of nitrogens with zero attached hydrogens (tertiary/aromatic N) is 3. The fourth-order valence-electron chi connectivity index (χ4n) is 1.91. The van der Waals surface area contributed by atoms with E-state index in [4.69, 9.17) is 4.52 Å². The van der Waals surface area contributed by atoms with Gasteiger partial charge in [-0.2, -0.15) is 4.98 Å². The predicted octanol–water partition coefficient (Wildman–Crippen LogP) is 0.251. The number of nitrogens with one attached hydrogen (secondary N) is 1. The zero-order valence-corrected chi connectivity index (χ0v) is 9.36. The van der Waals surface area contributed by atoms with Crippen molar-refractivity contribution in [3.63, 3.8) is 0 Å². The molecule has 0 aliphatic carbocycles. The van der Waals surface area contributed by atoms with Gasteiger partial charge in [0, 0.05) is 25.4 Å². The monoisotopic (exact) mass is 210 g/mol. The van der Waals surface area contributed by atoms with E-state index >= 15 is 0 Å². The topological polar surface area (TPSA) is 54.2 Å². The van der Waals surface area contributed by atoms with Crippen molar-refractivity contribution < 1.29 is 4.52 Å². The van der Waals surface area contributed by atoms with Gasteiger partial charge in [0.1, 0.15) is 0 Å².